The minimum Gasteiger partial charge on any atom is -0.356 e. The Balaban J connectivity index is 3.94. The second kappa shape index (κ2) is 8.64. The molecule has 1 amide bonds. The highest BCUT2D eigenvalue weighted by atomic mass is 32.2. The molecule has 102 valence electrons. The third-order valence-corrected chi connectivity index (χ3v) is 4.20. The molecule has 3 unspecified atom stereocenters. The van der Waals surface area contributed by atoms with Crippen molar-refractivity contribution in [1.29, 1.82) is 0 Å². The molecule has 0 aromatic rings. The van der Waals surface area contributed by atoms with Gasteiger partial charge in [-0.2, -0.15) is 0 Å². The molecule has 0 aromatic heterocycles. The van der Waals surface area contributed by atoms with Crippen molar-refractivity contribution in [2.75, 3.05) is 19.3 Å². The van der Waals surface area contributed by atoms with Crippen LogP contribution in [0.5, 0.6) is 0 Å². The van der Waals surface area contributed by atoms with Crippen molar-refractivity contribution in [2.24, 2.45) is 17.6 Å². The molecule has 0 rings (SSSR count). The summed E-state index contributed by atoms with van der Waals surface area (Å²) in [6.07, 6.45) is 3.25. The molecule has 0 spiro atoms. The van der Waals surface area contributed by atoms with Crippen LogP contribution in [0.4, 0.5) is 0 Å². The number of nitrogens with one attached hydrogen (secondary N) is 1. The summed E-state index contributed by atoms with van der Waals surface area (Å²) in [6, 6.07) is 0. The average Bonchev–Trinajstić information content (AvgIpc) is 2.24. The molecule has 3 atom stereocenters. The summed E-state index contributed by atoms with van der Waals surface area (Å²) in [5, 5.41) is 2.99. The zero-order valence-electron chi connectivity index (χ0n) is 11.4. The molecule has 3 N–H and O–H groups in total. The molecule has 0 heterocycles. The third-order valence-electron chi connectivity index (χ3n) is 2.83. The number of nitrogens with two attached hydrogens (primary N) is 1. The van der Waals surface area contributed by atoms with E-state index in [0.29, 0.717) is 19.0 Å². The number of hydrogen-bond acceptors (Lipinski definition) is 3. The van der Waals surface area contributed by atoms with E-state index in [0.717, 1.165) is 12.8 Å². The van der Waals surface area contributed by atoms with Crippen LogP contribution in [0.1, 0.15) is 33.6 Å². The molecule has 5 heteroatoms. The molecule has 17 heavy (non-hydrogen) atoms. The zero-order valence-corrected chi connectivity index (χ0v) is 12.2. The highest BCUT2D eigenvalue weighted by Crippen LogP contribution is 2.10. The summed E-state index contributed by atoms with van der Waals surface area (Å²) in [5.74, 6) is 0.393. The molecule has 0 saturated heterocycles. The monoisotopic (exact) mass is 262 g/mol. The van der Waals surface area contributed by atoms with Gasteiger partial charge >= 0.3 is 0 Å². The normalized spacial score (nSPS) is 16.6. The van der Waals surface area contributed by atoms with Crippen molar-refractivity contribution in [3.8, 4) is 0 Å². The molecule has 0 radical (unpaired) electrons. The molecule has 0 aromatic carbocycles. The lowest BCUT2D eigenvalue weighted by molar-refractivity contribution is -0.125. The molecule has 0 aliphatic rings. The van der Waals surface area contributed by atoms with Crippen molar-refractivity contribution in [2.45, 2.75) is 38.9 Å². The summed E-state index contributed by atoms with van der Waals surface area (Å²) in [5.41, 5.74) is 5.59. The Kier molecular flexibility index (Phi) is 8.43. The van der Waals surface area contributed by atoms with Gasteiger partial charge in [-0.1, -0.05) is 20.8 Å². The SMILES string of the molecule is CC(C)CC(CN)C(=O)NCCC(C)S(C)=O. The Morgan fingerprint density at radius 3 is 2.35 bits per heavy atom. The predicted molar refractivity (Wildman–Crippen MR) is 73.2 cm³/mol. The van der Waals surface area contributed by atoms with Gasteiger partial charge in [-0.05, 0) is 18.8 Å². The highest BCUT2D eigenvalue weighted by Gasteiger charge is 2.17. The Morgan fingerprint density at radius 2 is 1.94 bits per heavy atom. The molecular weight excluding hydrogens is 236 g/mol. The molecule has 0 aliphatic heterocycles. The maximum Gasteiger partial charge on any atom is 0.224 e. The summed E-state index contributed by atoms with van der Waals surface area (Å²) < 4.78 is 11.1. The first-order chi connectivity index (χ1) is 7.88. The first kappa shape index (κ1) is 16.6. The van der Waals surface area contributed by atoms with E-state index < -0.39 is 10.8 Å². The van der Waals surface area contributed by atoms with Gasteiger partial charge in [0, 0.05) is 35.4 Å². The van der Waals surface area contributed by atoms with Crippen LogP contribution in [-0.4, -0.2) is 34.7 Å². The van der Waals surface area contributed by atoms with Gasteiger partial charge < -0.3 is 11.1 Å². The maximum atomic E-state index is 11.8. The van der Waals surface area contributed by atoms with Gasteiger partial charge in [0.25, 0.3) is 0 Å². The minimum absolute atomic E-state index is 0.0234. The largest absolute Gasteiger partial charge is 0.356 e. The van der Waals surface area contributed by atoms with Gasteiger partial charge in [0.2, 0.25) is 5.91 Å². The van der Waals surface area contributed by atoms with E-state index in [1.165, 1.54) is 0 Å². The zero-order chi connectivity index (χ0) is 13.4. The maximum absolute atomic E-state index is 11.8. The average molecular weight is 262 g/mol. The van der Waals surface area contributed by atoms with Gasteiger partial charge in [-0.3, -0.25) is 9.00 Å². The smallest absolute Gasteiger partial charge is 0.224 e. The molecule has 0 saturated carbocycles. The van der Waals surface area contributed by atoms with E-state index in [1.54, 1.807) is 6.26 Å². The van der Waals surface area contributed by atoms with Crippen molar-refractivity contribution in [3.63, 3.8) is 0 Å². The second-order valence-electron chi connectivity index (χ2n) is 4.95. The van der Waals surface area contributed by atoms with Crippen LogP contribution in [0.25, 0.3) is 0 Å². The summed E-state index contributed by atoms with van der Waals surface area (Å²) in [6.45, 7) is 7.06. The topological polar surface area (TPSA) is 72.2 Å². The van der Waals surface area contributed by atoms with E-state index >= 15 is 0 Å². The van der Waals surface area contributed by atoms with Gasteiger partial charge in [0.15, 0.2) is 0 Å². The van der Waals surface area contributed by atoms with Crippen LogP contribution in [0.3, 0.4) is 0 Å². The number of amides is 1. The fourth-order valence-corrected chi connectivity index (χ4v) is 2.04. The van der Waals surface area contributed by atoms with Crippen molar-refractivity contribution in [1.82, 2.24) is 5.32 Å². The Morgan fingerprint density at radius 1 is 1.35 bits per heavy atom. The molecular formula is C12H26N2O2S. The van der Waals surface area contributed by atoms with Crippen molar-refractivity contribution >= 4 is 16.7 Å². The molecule has 4 nitrogen and oxygen atoms in total. The quantitative estimate of drug-likeness (QED) is 0.682. The first-order valence-electron chi connectivity index (χ1n) is 6.18. The van der Waals surface area contributed by atoms with E-state index in [-0.39, 0.29) is 17.1 Å². The molecule has 0 aliphatic carbocycles. The van der Waals surface area contributed by atoms with Crippen molar-refractivity contribution in [3.05, 3.63) is 0 Å². The lowest BCUT2D eigenvalue weighted by Crippen LogP contribution is -2.37. The van der Waals surface area contributed by atoms with E-state index in [1.807, 2.05) is 6.92 Å². The number of hydrogen-bond donors (Lipinski definition) is 2. The van der Waals surface area contributed by atoms with Gasteiger partial charge in [0.05, 0.1) is 5.92 Å². The van der Waals surface area contributed by atoms with Gasteiger partial charge in [-0.15, -0.1) is 0 Å². The number of rotatable bonds is 8. The summed E-state index contributed by atoms with van der Waals surface area (Å²) in [7, 11) is -0.823. The van der Waals surface area contributed by atoms with Crippen molar-refractivity contribution < 1.29 is 9.00 Å². The van der Waals surface area contributed by atoms with Crippen LogP contribution in [-0.2, 0) is 15.6 Å². The van der Waals surface area contributed by atoms with Crippen LogP contribution >= 0.6 is 0 Å². The standard InChI is InChI=1S/C12H26N2O2S/c1-9(2)7-11(8-13)12(15)14-6-5-10(3)17(4)16/h9-11H,5-8,13H2,1-4H3,(H,14,15). The summed E-state index contributed by atoms with van der Waals surface area (Å²) >= 11 is 0. The minimum atomic E-state index is -0.823. The van der Waals surface area contributed by atoms with E-state index in [4.69, 9.17) is 5.73 Å². The Labute approximate surface area is 107 Å². The van der Waals surface area contributed by atoms with Crippen LogP contribution < -0.4 is 11.1 Å². The van der Waals surface area contributed by atoms with Crippen LogP contribution in [0, 0.1) is 11.8 Å². The first-order valence-corrected chi connectivity index (χ1v) is 7.80. The fourth-order valence-electron chi connectivity index (χ4n) is 1.59. The lowest BCUT2D eigenvalue weighted by atomic mass is 9.96. The van der Waals surface area contributed by atoms with Crippen LogP contribution in [0.2, 0.25) is 0 Å². The van der Waals surface area contributed by atoms with E-state index in [9.17, 15) is 9.00 Å². The fraction of sp³-hybridized carbons (Fsp3) is 0.917. The van der Waals surface area contributed by atoms with Crippen LogP contribution in [0.15, 0.2) is 0 Å². The molecule has 0 fully saturated rings. The Hall–Kier alpha value is -0.420. The summed E-state index contributed by atoms with van der Waals surface area (Å²) in [4.78, 5) is 11.8. The Bertz CT molecular complexity index is 257. The predicted octanol–water partition coefficient (Wildman–Crippen LogP) is 0.881. The number of carbonyl (C=O) groups excluding carboxylic acids is 1. The van der Waals surface area contributed by atoms with Gasteiger partial charge in [0.1, 0.15) is 0 Å². The molecule has 0 bridgehead atoms. The number of carbonyl (C=O) groups is 1. The highest BCUT2D eigenvalue weighted by molar-refractivity contribution is 7.84. The lowest BCUT2D eigenvalue weighted by Gasteiger charge is -2.17. The third kappa shape index (κ3) is 7.49. The van der Waals surface area contributed by atoms with Gasteiger partial charge in [-0.25, -0.2) is 0 Å². The van der Waals surface area contributed by atoms with E-state index in [2.05, 4.69) is 19.2 Å². The second-order valence-corrected chi connectivity index (χ2v) is 6.75.